The molecule has 0 N–H and O–H groups in total. The zero-order valence-electron chi connectivity index (χ0n) is 14.5. The Morgan fingerprint density at radius 2 is 1.76 bits per heavy atom. The fourth-order valence-corrected chi connectivity index (χ4v) is 3.95. The Hall–Kier alpha value is -1.16. The summed E-state index contributed by atoms with van der Waals surface area (Å²) in [6.07, 6.45) is 2.63. The van der Waals surface area contributed by atoms with Crippen molar-refractivity contribution in [1.29, 1.82) is 0 Å². The smallest absolute Gasteiger partial charge is 0.214 e. The highest BCUT2D eigenvalue weighted by Crippen LogP contribution is 2.44. The first kappa shape index (κ1) is 17.3. The van der Waals surface area contributed by atoms with Crippen LogP contribution in [0.2, 0.25) is 0 Å². The van der Waals surface area contributed by atoms with E-state index in [1.165, 1.54) is 17.4 Å². The van der Waals surface area contributed by atoms with Gasteiger partial charge in [-0.15, -0.1) is 11.3 Å². The van der Waals surface area contributed by atoms with Gasteiger partial charge in [-0.25, -0.2) is 4.98 Å². The first-order chi connectivity index (χ1) is 11.7. The van der Waals surface area contributed by atoms with E-state index < -0.39 is 24.0 Å². The maximum Gasteiger partial charge on any atom is 0.214 e. The number of rotatable bonds is 3. The highest BCUT2D eigenvalue weighted by atomic mass is 32.1. The summed E-state index contributed by atoms with van der Waals surface area (Å²) >= 11 is 1.30. The largest absolute Gasteiger partial charge is 0.342 e. The van der Waals surface area contributed by atoms with Gasteiger partial charge in [-0.1, -0.05) is 0 Å². The number of thiazole rings is 1. The van der Waals surface area contributed by atoms with Crippen LogP contribution in [0.5, 0.6) is 0 Å². The van der Waals surface area contributed by atoms with Crippen LogP contribution in [0, 0.1) is 0 Å². The first-order valence-corrected chi connectivity index (χ1v) is 9.11. The Bertz CT molecular complexity index is 685. The molecule has 0 radical (unpaired) electrons. The third-order valence-electron chi connectivity index (χ3n) is 4.27. The molecule has 3 aliphatic heterocycles. The molecule has 7 nitrogen and oxygen atoms in total. The lowest BCUT2D eigenvalue weighted by Crippen LogP contribution is -2.54. The van der Waals surface area contributed by atoms with Gasteiger partial charge in [0.2, 0.25) is 5.78 Å². The van der Waals surface area contributed by atoms with Gasteiger partial charge in [-0.05, 0) is 39.8 Å². The SMILES string of the molecule is CC1(C)O[C@H]2[C@@H](O1)[C@@H](/C=C/C(=O)c1nccs1)O[C@@H]1OC(C)(C)O[C@@H]12. The molecule has 8 heteroatoms. The lowest BCUT2D eigenvalue weighted by Gasteiger charge is -2.35. The van der Waals surface area contributed by atoms with Gasteiger partial charge in [-0.3, -0.25) is 4.79 Å². The second kappa shape index (κ2) is 5.94. The molecule has 3 fully saturated rings. The van der Waals surface area contributed by atoms with Crippen LogP contribution in [0.25, 0.3) is 0 Å². The molecule has 25 heavy (non-hydrogen) atoms. The highest BCUT2D eigenvalue weighted by Gasteiger charge is 2.60. The van der Waals surface area contributed by atoms with Crippen molar-refractivity contribution in [3.8, 4) is 0 Å². The number of hydrogen-bond donors (Lipinski definition) is 0. The number of ether oxygens (including phenoxy) is 5. The monoisotopic (exact) mass is 367 g/mol. The standard InChI is InChI=1S/C17H21NO6S/c1-16(2)21-11-10(6-5-9(19)14-18-7-8-25-14)20-15-13(12(11)22-16)23-17(3,4)24-15/h5-8,10-13,15H,1-4H3/b6-5+/t10-,11+,12+,13-,15-/m1/s1. The molecule has 0 spiro atoms. The van der Waals surface area contributed by atoms with Crippen molar-refractivity contribution in [2.75, 3.05) is 0 Å². The molecule has 3 aliphatic rings. The number of fused-ring (bicyclic) bond motifs is 3. The molecule has 0 aromatic carbocycles. The van der Waals surface area contributed by atoms with E-state index in [2.05, 4.69) is 4.98 Å². The van der Waals surface area contributed by atoms with Crippen LogP contribution in [0.4, 0.5) is 0 Å². The fraction of sp³-hybridized carbons (Fsp3) is 0.647. The molecule has 5 atom stereocenters. The predicted octanol–water partition coefficient (Wildman–Crippen LogP) is 2.28. The summed E-state index contributed by atoms with van der Waals surface area (Å²) in [5.74, 6) is -1.68. The molecule has 4 heterocycles. The average Bonchev–Trinajstić information content (AvgIpc) is 3.19. The molecular weight excluding hydrogens is 346 g/mol. The Balaban J connectivity index is 1.56. The van der Waals surface area contributed by atoms with E-state index in [1.807, 2.05) is 27.7 Å². The summed E-state index contributed by atoms with van der Waals surface area (Å²) in [6, 6.07) is 0. The highest BCUT2D eigenvalue weighted by molar-refractivity contribution is 7.11. The second-order valence-electron chi connectivity index (χ2n) is 7.19. The molecule has 0 bridgehead atoms. The Kier molecular flexibility index (Phi) is 4.10. The molecule has 0 amide bonds. The van der Waals surface area contributed by atoms with Crippen molar-refractivity contribution in [2.45, 2.75) is 70.0 Å². The quantitative estimate of drug-likeness (QED) is 0.599. The van der Waals surface area contributed by atoms with Gasteiger partial charge in [0.25, 0.3) is 0 Å². The van der Waals surface area contributed by atoms with Gasteiger partial charge in [0, 0.05) is 11.6 Å². The van der Waals surface area contributed by atoms with E-state index in [1.54, 1.807) is 17.7 Å². The van der Waals surface area contributed by atoms with Crippen LogP contribution in [0.1, 0.15) is 37.5 Å². The lowest BCUT2D eigenvalue weighted by molar-refractivity contribution is -0.222. The Morgan fingerprint density at radius 1 is 1.08 bits per heavy atom. The normalized spacial score (nSPS) is 38.6. The Morgan fingerprint density at radius 3 is 2.48 bits per heavy atom. The third-order valence-corrected chi connectivity index (χ3v) is 5.06. The van der Waals surface area contributed by atoms with Crippen LogP contribution in [0.3, 0.4) is 0 Å². The van der Waals surface area contributed by atoms with Crippen LogP contribution in [-0.2, 0) is 23.7 Å². The summed E-state index contributed by atoms with van der Waals surface area (Å²) in [6.45, 7) is 7.37. The maximum atomic E-state index is 12.2. The average molecular weight is 367 g/mol. The minimum absolute atomic E-state index is 0.167. The number of ketones is 1. The summed E-state index contributed by atoms with van der Waals surface area (Å²) in [5.41, 5.74) is 0. The summed E-state index contributed by atoms with van der Waals surface area (Å²) in [4.78, 5) is 16.2. The van der Waals surface area contributed by atoms with Gasteiger partial charge in [0.1, 0.15) is 24.4 Å². The third kappa shape index (κ3) is 3.30. The van der Waals surface area contributed by atoms with E-state index >= 15 is 0 Å². The van der Waals surface area contributed by atoms with E-state index in [-0.39, 0.29) is 24.1 Å². The Labute approximate surface area is 149 Å². The van der Waals surface area contributed by atoms with Gasteiger partial charge in [0.15, 0.2) is 22.9 Å². The number of allylic oxidation sites excluding steroid dienone is 1. The van der Waals surface area contributed by atoms with Crippen LogP contribution < -0.4 is 0 Å². The molecule has 136 valence electrons. The first-order valence-electron chi connectivity index (χ1n) is 8.23. The minimum Gasteiger partial charge on any atom is -0.342 e. The molecule has 4 rings (SSSR count). The summed E-state index contributed by atoms with van der Waals surface area (Å²) in [5, 5.41) is 2.20. The van der Waals surface area contributed by atoms with E-state index in [4.69, 9.17) is 23.7 Å². The summed E-state index contributed by atoms with van der Waals surface area (Å²) in [7, 11) is 0. The molecule has 0 unspecified atom stereocenters. The van der Waals surface area contributed by atoms with Crippen LogP contribution in [0.15, 0.2) is 23.7 Å². The molecule has 3 saturated heterocycles. The van der Waals surface area contributed by atoms with E-state index in [9.17, 15) is 4.79 Å². The van der Waals surface area contributed by atoms with Crippen LogP contribution in [-0.4, -0.2) is 53.0 Å². The van der Waals surface area contributed by atoms with Crippen molar-refractivity contribution < 1.29 is 28.5 Å². The maximum absolute atomic E-state index is 12.2. The zero-order valence-corrected chi connectivity index (χ0v) is 15.3. The summed E-state index contributed by atoms with van der Waals surface area (Å²) < 4.78 is 29.8. The number of carbonyl (C=O) groups is 1. The van der Waals surface area contributed by atoms with E-state index in [0.29, 0.717) is 5.01 Å². The van der Waals surface area contributed by atoms with Gasteiger partial charge < -0.3 is 23.7 Å². The topological polar surface area (TPSA) is 76.1 Å². The van der Waals surface area contributed by atoms with Crippen LogP contribution >= 0.6 is 11.3 Å². The van der Waals surface area contributed by atoms with Crippen molar-refractivity contribution in [3.05, 3.63) is 28.7 Å². The van der Waals surface area contributed by atoms with Crippen molar-refractivity contribution in [2.24, 2.45) is 0 Å². The molecule has 0 saturated carbocycles. The molecule has 1 aromatic rings. The van der Waals surface area contributed by atoms with Gasteiger partial charge >= 0.3 is 0 Å². The van der Waals surface area contributed by atoms with Gasteiger partial charge in [-0.2, -0.15) is 0 Å². The number of carbonyl (C=O) groups excluding carboxylic acids is 1. The number of aromatic nitrogens is 1. The number of nitrogens with zero attached hydrogens (tertiary/aromatic N) is 1. The van der Waals surface area contributed by atoms with Crippen molar-refractivity contribution in [1.82, 2.24) is 4.98 Å². The minimum atomic E-state index is -0.759. The second-order valence-corrected chi connectivity index (χ2v) is 8.09. The zero-order chi connectivity index (χ0) is 17.8. The number of hydrogen-bond acceptors (Lipinski definition) is 8. The van der Waals surface area contributed by atoms with E-state index in [0.717, 1.165) is 0 Å². The predicted molar refractivity (Wildman–Crippen MR) is 88.1 cm³/mol. The van der Waals surface area contributed by atoms with Crippen molar-refractivity contribution in [3.63, 3.8) is 0 Å². The van der Waals surface area contributed by atoms with Crippen molar-refractivity contribution >= 4 is 17.1 Å². The fourth-order valence-electron chi connectivity index (χ4n) is 3.40. The molecule has 0 aliphatic carbocycles. The molecule has 1 aromatic heterocycles. The lowest BCUT2D eigenvalue weighted by atomic mass is 9.98. The molecular formula is C17H21NO6S. The van der Waals surface area contributed by atoms with Gasteiger partial charge in [0.05, 0.1) is 0 Å².